The molecule has 2 saturated carbocycles. The van der Waals surface area contributed by atoms with Crippen LogP contribution in [-0.4, -0.2) is 89.5 Å². The molecule has 2 fully saturated rings. The van der Waals surface area contributed by atoms with Crippen LogP contribution in [0.5, 0.6) is 23.0 Å². The SMILES string of the molecule is CCC(C)(C)C(=O)OC1CC(C(C)(O)C(F)(F)F)CC(C(C)(O)C(F)(F)F)C1.CCC(C)c1ccc(O)cc1.CCC(C)c1ccc(OC(C)OC2CCOc3ccccc32)cc1.CCC(C)c1ccc(OC(C)OCCOC2CCCCC2)cc1. The minimum Gasteiger partial charge on any atom is -0.508 e. The monoisotopic (exact) mass is 1220 g/mol. The van der Waals surface area contributed by atoms with Gasteiger partial charge in [0.15, 0.2) is 23.8 Å². The number of hydrogen-bond acceptors (Lipinski definition) is 11. The van der Waals surface area contributed by atoms with Crippen molar-refractivity contribution in [1.29, 1.82) is 0 Å². The third kappa shape index (κ3) is 22.5. The lowest BCUT2D eigenvalue weighted by molar-refractivity contribution is -0.299. The molecule has 1 heterocycles. The number of carbonyl (C=O) groups is 1. The first kappa shape index (κ1) is 73.4. The maximum atomic E-state index is 13.3. The molecule has 0 radical (unpaired) electrons. The number of benzene rings is 4. The van der Waals surface area contributed by atoms with E-state index in [1.165, 1.54) is 48.8 Å². The number of esters is 1. The molecule has 0 aromatic heterocycles. The van der Waals surface area contributed by atoms with Crippen LogP contribution in [0.25, 0.3) is 0 Å². The number of aromatic hydroxyl groups is 1. The molecule has 17 heteroatoms. The van der Waals surface area contributed by atoms with Crippen molar-refractivity contribution in [3.63, 3.8) is 0 Å². The van der Waals surface area contributed by atoms with Crippen LogP contribution in [0.1, 0.15) is 220 Å². The molecule has 10 unspecified atom stereocenters. The van der Waals surface area contributed by atoms with E-state index in [0.717, 1.165) is 48.5 Å². The highest BCUT2D eigenvalue weighted by molar-refractivity contribution is 5.76. The largest absolute Gasteiger partial charge is 0.508 e. The molecule has 0 amide bonds. The zero-order chi connectivity index (χ0) is 64.0. The number of ether oxygens (including phenoxy) is 7. The number of phenols is 1. The predicted molar refractivity (Wildman–Crippen MR) is 325 cm³/mol. The summed E-state index contributed by atoms with van der Waals surface area (Å²) in [5, 5.41) is 29.0. The standard InChI is InChI=1S/C21H26O3.C20H32O3.C18H28F6O4.C10H14O/c1-4-15(2)17-9-11-18(12-10-17)23-16(3)24-21-13-14-22-20-8-6-5-7-19(20)21;1-4-16(2)18-10-12-20(13-11-18)23-17(3)21-14-15-22-19-8-6-5-7-9-19;1-6-14(2,3)13(25)28-12-8-10(15(4,26)17(19,20)21)7-11(9-12)16(5,27)18(22,23)24;1-3-8(2)9-4-6-10(11)7-5-9/h5-12,15-16,21H,4,13-14H2,1-3H3;10-13,16-17,19H,4-9,14-15H2,1-3H3;10-12,26-27H,6-9H2,1-5H3;4-8,11H,3H2,1-2H3. The van der Waals surface area contributed by atoms with Gasteiger partial charge in [-0.15, -0.1) is 0 Å². The Balaban J connectivity index is 0.000000254. The van der Waals surface area contributed by atoms with Crippen LogP contribution in [0.15, 0.2) is 97.1 Å². The summed E-state index contributed by atoms with van der Waals surface area (Å²) < 4.78 is 120. The fourth-order valence-electron chi connectivity index (χ4n) is 10.2. The summed E-state index contributed by atoms with van der Waals surface area (Å²) in [7, 11) is 0. The summed E-state index contributed by atoms with van der Waals surface area (Å²) in [6.45, 7) is 24.8. The Labute approximate surface area is 508 Å². The molecule has 3 aliphatic rings. The quantitative estimate of drug-likeness (QED) is 0.0300. The first-order chi connectivity index (χ1) is 40.4. The van der Waals surface area contributed by atoms with E-state index in [-0.39, 0.29) is 18.7 Å². The average Bonchev–Trinajstić information content (AvgIpc) is 0.881. The van der Waals surface area contributed by atoms with Crippen molar-refractivity contribution in [2.24, 2.45) is 17.3 Å². The maximum absolute atomic E-state index is 13.3. The Morgan fingerprint density at radius 3 is 1.49 bits per heavy atom. The van der Waals surface area contributed by atoms with Crippen molar-refractivity contribution in [3.8, 4) is 23.0 Å². The van der Waals surface area contributed by atoms with Crippen LogP contribution in [-0.2, 0) is 23.7 Å². The topological polar surface area (TPSA) is 142 Å². The van der Waals surface area contributed by atoms with Gasteiger partial charge in [0.05, 0.1) is 37.4 Å². The van der Waals surface area contributed by atoms with E-state index in [1.807, 2.05) is 68.4 Å². The number of halogens is 6. The molecule has 3 N–H and O–H groups in total. The third-order valence-electron chi connectivity index (χ3n) is 17.5. The van der Waals surface area contributed by atoms with Gasteiger partial charge in [0, 0.05) is 23.8 Å². The van der Waals surface area contributed by atoms with Crippen LogP contribution in [0.2, 0.25) is 0 Å². The molecular formula is C69H100F6O11. The third-order valence-corrected chi connectivity index (χ3v) is 17.5. The van der Waals surface area contributed by atoms with Gasteiger partial charge < -0.3 is 48.5 Å². The molecule has 4 aromatic rings. The lowest BCUT2D eigenvalue weighted by Gasteiger charge is -2.46. The highest BCUT2D eigenvalue weighted by Crippen LogP contribution is 2.50. The molecule has 11 nitrogen and oxygen atoms in total. The molecule has 86 heavy (non-hydrogen) atoms. The molecule has 1 aliphatic heterocycles. The molecule has 484 valence electrons. The normalized spacial score (nSPS) is 21.4. The summed E-state index contributed by atoms with van der Waals surface area (Å²) in [5.74, 6) is 0.614. The van der Waals surface area contributed by atoms with Gasteiger partial charge in [0.25, 0.3) is 0 Å². The van der Waals surface area contributed by atoms with Crippen LogP contribution < -0.4 is 14.2 Å². The summed E-state index contributed by atoms with van der Waals surface area (Å²) >= 11 is 0. The van der Waals surface area contributed by atoms with Gasteiger partial charge in [-0.05, 0) is 176 Å². The van der Waals surface area contributed by atoms with Crippen molar-refractivity contribution in [1.82, 2.24) is 0 Å². The summed E-state index contributed by atoms with van der Waals surface area (Å²) in [5.41, 5.74) is -2.46. The summed E-state index contributed by atoms with van der Waals surface area (Å²) in [6.07, 6.45) is -2.20. The molecule has 4 aromatic carbocycles. The number of alkyl halides is 6. The van der Waals surface area contributed by atoms with Crippen LogP contribution >= 0.6 is 0 Å². The molecule has 0 spiro atoms. The number of phenolic OH excluding ortho intramolecular Hbond substituents is 1. The second-order valence-corrected chi connectivity index (χ2v) is 24.5. The summed E-state index contributed by atoms with van der Waals surface area (Å²) in [4.78, 5) is 12.3. The van der Waals surface area contributed by atoms with Crippen molar-refractivity contribution < 1.29 is 79.6 Å². The second kappa shape index (κ2) is 34.1. The molecule has 2 aliphatic carbocycles. The highest BCUT2D eigenvalue weighted by Gasteiger charge is 2.62. The van der Waals surface area contributed by atoms with Crippen molar-refractivity contribution in [3.05, 3.63) is 119 Å². The number of fused-ring (bicyclic) bond motifs is 1. The van der Waals surface area contributed by atoms with Crippen molar-refractivity contribution in [2.75, 3.05) is 19.8 Å². The lowest BCUT2D eigenvalue weighted by Crippen LogP contribution is -2.57. The Kier molecular flexibility index (Phi) is 29.1. The minimum atomic E-state index is -5.10. The van der Waals surface area contributed by atoms with Gasteiger partial charge in [0.2, 0.25) is 0 Å². The molecule has 7 rings (SSSR count). The van der Waals surface area contributed by atoms with Gasteiger partial charge in [-0.3, -0.25) is 4.79 Å². The second-order valence-electron chi connectivity index (χ2n) is 24.5. The van der Waals surface area contributed by atoms with Crippen LogP contribution in [0.3, 0.4) is 0 Å². The number of aliphatic hydroxyl groups is 2. The molecule has 0 bridgehead atoms. The predicted octanol–water partition coefficient (Wildman–Crippen LogP) is 18.0. The first-order valence-electron chi connectivity index (χ1n) is 31.1. The van der Waals surface area contributed by atoms with Crippen molar-refractivity contribution in [2.45, 2.75) is 246 Å². The lowest BCUT2D eigenvalue weighted by atomic mass is 9.67. The fourth-order valence-corrected chi connectivity index (χ4v) is 10.2. The van der Waals surface area contributed by atoms with E-state index >= 15 is 0 Å². The number of carbonyl (C=O) groups excluding carboxylic acids is 1. The number of para-hydroxylation sites is 1. The average molecular weight is 1220 g/mol. The van der Waals surface area contributed by atoms with Crippen LogP contribution in [0.4, 0.5) is 26.3 Å². The highest BCUT2D eigenvalue weighted by atomic mass is 19.4. The molecule has 10 atom stereocenters. The first-order valence-corrected chi connectivity index (χ1v) is 31.1. The Hall–Kier alpha value is -5.07. The Morgan fingerprint density at radius 2 is 1.03 bits per heavy atom. The van der Waals surface area contributed by atoms with E-state index < -0.39 is 72.1 Å². The van der Waals surface area contributed by atoms with Gasteiger partial charge in [-0.1, -0.05) is 122 Å². The van der Waals surface area contributed by atoms with E-state index in [0.29, 0.717) is 69.7 Å². The molecular weight excluding hydrogens is 1120 g/mol. The van der Waals surface area contributed by atoms with Gasteiger partial charge >= 0.3 is 18.3 Å². The van der Waals surface area contributed by atoms with Gasteiger partial charge in [-0.25, -0.2) is 0 Å². The Bertz CT molecular complexity index is 2510. The van der Waals surface area contributed by atoms with Crippen LogP contribution in [0, 0.1) is 17.3 Å². The minimum absolute atomic E-state index is 0.0179. The van der Waals surface area contributed by atoms with Crippen molar-refractivity contribution >= 4 is 5.97 Å². The van der Waals surface area contributed by atoms with E-state index in [4.69, 9.17) is 38.3 Å². The fraction of sp³-hybridized carbons (Fsp3) is 0.638. The van der Waals surface area contributed by atoms with Gasteiger partial charge in [-0.2, -0.15) is 26.3 Å². The Morgan fingerprint density at radius 1 is 0.581 bits per heavy atom. The zero-order valence-electron chi connectivity index (χ0n) is 53.2. The van der Waals surface area contributed by atoms with E-state index in [2.05, 4.69) is 71.9 Å². The maximum Gasteiger partial charge on any atom is 0.417 e. The number of rotatable bonds is 22. The van der Waals surface area contributed by atoms with E-state index in [9.17, 15) is 41.4 Å². The zero-order valence-corrected chi connectivity index (χ0v) is 53.2. The smallest absolute Gasteiger partial charge is 0.417 e. The van der Waals surface area contributed by atoms with Gasteiger partial charge in [0.1, 0.15) is 29.1 Å². The summed E-state index contributed by atoms with van der Waals surface area (Å²) in [6, 6.07) is 32.2. The molecule has 0 saturated heterocycles. The number of hydrogen-bond donors (Lipinski definition) is 3. The van der Waals surface area contributed by atoms with E-state index in [1.54, 1.807) is 32.9 Å².